The molecule has 0 saturated carbocycles. The van der Waals surface area contributed by atoms with Crippen molar-refractivity contribution in [3.63, 3.8) is 0 Å². The minimum atomic E-state index is 0.809. The van der Waals surface area contributed by atoms with Crippen molar-refractivity contribution in [2.75, 3.05) is 14.2 Å². The SMILES string of the molecule is COc1cc(OC)c2ccn(Cc3ccc(C)cc3)c2c1. The van der Waals surface area contributed by atoms with E-state index in [0.717, 1.165) is 28.9 Å². The fraction of sp³-hybridized carbons (Fsp3) is 0.222. The Morgan fingerprint density at radius 3 is 2.38 bits per heavy atom. The van der Waals surface area contributed by atoms with Gasteiger partial charge in [0.25, 0.3) is 0 Å². The lowest BCUT2D eigenvalue weighted by molar-refractivity contribution is 0.398. The van der Waals surface area contributed by atoms with E-state index in [4.69, 9.17) is 9.47 Å². The topological polar surface area (TPSA) is 23.4 Å². The van der Waals surface area contributed by atoms with Gasteiger partial charge in [0.15, 0.2) is 0 Å². The molecule has 2 aromatic carbocycles. The summed E-state index contributed by atoms with van der Waals surface area (Å²) in [5, 5.41) is 1.10. The maximum absolute atomic E-state index is 5.46. The van der Waals surface area contributed by atoms with Crippen LogP contribution in [-0.4, -0.2) is 18.8 Å². The molecule has 3 aromatic rings. The Labute approximate surface area is 124 Å². The molecule has 21 heavy (non-hydrogen) atoms. The van der Waals surface area contributed by atoms with Gasteiger partial charge < -0.3 is 14.0 Å². The van der Waals surface area contributed by atoms with Crippen molar-refractivity contribution in [3.8, 4) is 11.5 Å². The number of aromatic nitrogens is 1. The molecule has 0 amide bonds. The quantitative estimate of drug-likeness (QED) is 0.721. The second-order valence-corrected chi connectivity index (χ2v) is 5.19. The molecule has 0 fully saturated rings. The molecule has 0 atom stereocenters. The average Bonchev–Trinajstić information content (AvgIpc) is 2.91. The highest BCUT2D eigenvalue weighted by Gasteiger charge is 2.09. The van der Waals surface area contributed by atoms with Gasteiger partial charge in [0, 0.05) is 30.3 Å². The first-order valence-electron chi connectivity index (χ1n) is 6.97. The summed E-state index contributed by atoms with van der Waals surface area (Å²) in [6.07, 6.45) is 2.09. The number of nitrogens with zero attached hydrogens (tertiary/aromatic N) is 1. The third-order valence-corrected chi connectivity index (χ3v) is 3.75. The van der Waals surface area contributed by atoms with E-state index in [1.165, 1.54) is 11.1 Å². The zero-order chi connectivity index (χ0) is 14.8. The average molecular weight is 281 g/mol. The van der Waals surface area contributed by atoms with E-state index >= 15 is 0 Å². The third kappa shape index (κ3) is 2.59. The van der Waals surface area contributed by atoms with Gasteiger partial charge in [0.2, 0.25) is 0 Å². The fourth-order valence-electron chi connectivity index (χ4n) is 2.55. The number of aryl methyl sites for hydroxylation is 1. The van der Waals surface area contributed by atoms with E-state index in [1.807, 2.05) is 12.1 Å². The zero-order valence-corrected chi connectivity index (χ0v) is 12.6. The lowest BCUT2D eigenvalue weighted by atomic mass is 10.1. The predicted octanol–water partition coefficient (Wildman–Crippen LogP) is 4.02. The second kappa shape index (κ2) is 5.52. The van der Waals surface area contributed by atoms with Crippen LogP contribution in [0.2, 0.25) is 0 Å². The molecule has 0 N–H and O–H groups in total. The Hall–Kier alpha value is -2.42. The number of hydrogen-bond acceptors (Lipinski definition) is 2. The molecule has 0 aliphatic heterocycles. The Morgan fingerprint density at radius 1 is 0.952 bits per heavy atom. The molecule has 0 aliphatic rings. The molecule has 0 aliphatic carbocycles. The summed E-state index contributed by atoms with van der Waals surface area (Å²) in [4.78, 5) is 0. The summed E-state index contributed by atoms with van der Waals surface area (Å²) in [7, 11) is 3.36. The maximum Gasteiger partial charge on any atom is 0.131 e. The third-order valence-electron chi connectivity index (χ3n) is 3.75. The lowest BCUT2D eigenvalue weighted by Gasteiger charge is -2.10. The second-order valence-electron chi connectivity index (χ2n) is 5.19. The molecule has 3 nitrogen and oxygen atoms in total. The van der Waals surface area contributed by atoms with Crippen LogP contribution in [0.15, 0.2) is 48.7 Å². The minimum Gasteiger partial charge on any atom is -0.497 e. The summed E-state index contributed by atoms with van der Waals surface area (Å²) in [5.41, 5.74) is 3.67. The first-order valence-corrected chi connectivity index (χ1v) is 6.97. The number of fused-ring (bicyclic) bond motifs is 1. The summed E-state index contributed by atoms with van der Waals surface area (Å²) >= 11 is 0. The van der Waals surface area contributed by atoms with Crippen LogP contribution < -0.4 is 9.47 Å². The van der Waals surface area contributed by atoms with Crippen molar-refractivity contribution < 1.29 is 9.47 Å². The van der Waals surface area contributed by atoms with Crippen molar-refractivity contribution >= 4 is 10.9 Å². The van der Waals surface area contributed by atoms with Gasteiger partial charge in [0.05, 0.1) is 19.7 Å². The van der Waals surface area contributed by atoms with Crippen LogP contribution in [0.25, 0.3) is 10.9 Å². The monoisotopic (exact) mass is 281 g/mol. The van der Waals surface area contributed by atoms with E-state index in [2.05, 4.69) is 48.0 Å². The predicted molar refractivity (Wildman–Crippen MR) is 85.3 cm³/mol. The molecule has 1 heterocycles. The van der Waals surface area contributed by atoms with Crippen LogP contribution >= 0.6 is 0 Å². The van der Waals surface area contributed by atoms with Crippen LogP contribution in [0.4, 0.5) is 0 Å². The van der Waals surface area contributed by atoms with Gasteiger partial charge in [-0.2, -0.15) is 0 Å². The van der Waals surface area contributed by atoms with Crippen molar-refractivity contribution in [1.82, 2.24) is 4.57 Å². The number of benzene rings is 2. The van der Waals surface area contributed by atoms with Crippen LogP contribution in [0.3, 0.4) is 0 Å². The van der Waals surface area contributed by atoms with Gasteiger partial charge in [-0.05, 0) is 18.6 Å². The summed E-state index contributed by atoms with van der Waals surface area (Å²) in [5.74, 6) is 1.65. The largest absolute Gasteiger partial charge is 0.497 e. The number of ether oxygens (including phenoxy) is 2. The first-order chi connectivity index (χ1) is 10.2. The molecular weight excluding hydrogens is 262 g/mol. The molecule has 3 heteroatoms. The standard InChI is InChI=1S/C18H19NO2/c1-13-4-6-14(7-5-13)12-19-9-8-16-17(19)10-15(20-2)11-18(16)21-3/h4-11H,12H2,1-3H3. The highest BCUT2D eigenvalue weighted by molar-refractivity contribution is 5.88. The van der Waals surface area contributed by atoms with Gasteiger partial charge in [-0.25, -0.2) is 0 Å². The highest BCUT2D eigenvalue weighted by Crippen LogP contribution is 2.32. The Morgan fingerprint density at radius 2 is 1.71 bits per heavy atom. The molecular formula is C18H19NO2. The highest BCUT2D eigenvalue weighted by atomic mass is 16.5. The van der Waals surface area contributed by atoms with E-state index in [9.17, 15) is 0 Å². The van der Waals surface area contributed by atoms with Crippen LogP contribution in [0.1, 0.15) is 11.1 Å². The van der Waals surface area contributed by atoms with Gasteiger partial charge in [-0.15, -0.1) is 0 Å². The lowest BCUT2D eigenvalue weighted by Crippen LogP contribution is -1.98. The van der Waals surface area contributed by atoms with Gasteiger partial charge in [-0.3, -0.25) is 0 Å². The Kier molecular flexibility index (Phi) is 3.57. The smallest absolute Gasteiger partial charge is 0.131 e. The number of methoxy groups -OCH3 is 2. The first kappa shape index (κ1) is 13.6. The van der Waals surface area contributed by atoms with Gasteiger partial charge >= 0.3 is 0 Å². The molecule has 108 valence electrons. The van der Waals surface area contributed by atoms with Crippen molar-refractivity contribution in [2.45, 2.75) is 13.5 Å². The molecule has 0 spiro atoms. The van der Waals surface area contributed by atoms with E-state index in [-0.39, 0.29) is 0 Å². The Bertz CT molecular complexity index is 757. The molecule has 1 aromatic heterocycles. The molecule has 0 radical (unpaired) electrons. The normalized spacial score (nSPS) is 10.8. The van der Waals surface area contributed by atoms with Crippen molar-refractivity contribution in [3.05, 3.63) is 59.8 Å². The number of hydrogen-bond donors (Lipinski definition) is 0. The van der Waals surface area contributed by atoms with Crippen LogP contribution in [0.5, 0.6) is 11.5 Å². The van der Waals surface area contributed by atoms with Crippen molar-refractivity contribution in [2.24, 2.45) is 0 Å². The summed E-state index contributed by atoms with van der Waals surface area (Å²) in [6, 6.07) is 14.7. The van der Waals surface area contributed by atoms with E-state index in [0.29, 0.717) is 0 Å². The minimum absolute atomic E-state index is 0.809. The Balaban J connectivity index is 2.04. The van der Waals surface area contributed by atoms with Crippen LogP contribution in [-0.2, 0) is 6.54 Å². The van der Waals surface area contributed by atoms with Crippen LogP contribution in [0, 0.1) is 6.92 Å². The fourth-order valence-corrected chi connectivity index (χ4v) is 2.55. The number of rotatable bonds is 4. The molecule has 0 unspecified atom stereocenters. The molecule has 0 saturated heterocycles. The molecule has 0 bridgehead atoms. The zero-order valence-electron chi connectivity index (χ0n) is 12.6. The summed E-state index contributed by atoms with van der Waals surface area (Å²) in [6.45, 7) is 2.94. The summed E-state index contributed by atoms with van der Waals surface area (Å²) < 4.78 is 13.0. The van der Waals surface area contributed by atoms with Gasteiger partial charge in [0.1, 0.15) is 11.5 Å². The van der Waals surface area contributed by atoms with Crippen molar-refractivity contribution in [1.29, 1.82) is 0 Å². The maximum atomic E-state index is 5.46. The van der Waals surface area contributed by atoms with Gasteiger partial charge in [-0.1, -0.05) is 29.8 Å². The molecule has 3 rings (SSSR count). The van der Waals surface area contributed by atoms with E-state index < -0.39 is 0 Å². The van der Waals surface area contributed by atoms with E-state index in [1.54, 1.807) is 14.2 Å².